The number of ether oxygens (including phenoxy) is 1. The Balaban J connectivity index is 1.75. The van der Waals surface area contributed by atoms with E-state index < -0.39 is 0 Å². The Hall–Kier alpha value is -2.41. The number of hydrogen-bond donors (Lipinski definition) is 2. The van der Waals surface area contributed by atoms with Gasteiger partial charge in [-0.2, -0.15) is 0 Å². The lowest BCUT2D eigenvalue weighted by molar-refractivity contribution is -0.158. The van der Waals surface area contributed by atoms with Crippen molar-refractivity contribution in [1.82, 2.24) is 4.90 Å². The number of hydrogen-bond acceptors (Lipinski definition) is 5. The predicted molar refractivity (Wildman–Crippen MR) is 76.3 cm³/mol. The lowest BCUT2D eigenvalue weighted by atomic mass is 10.2. The predicted octanol–water partition coefficient (Wildman–Crippen LogP) is 0.373. The van der Waals surface area contributed by atoms with Crippen molar-refractivity contribution in [2.24, 2.45) is 0 Å². The molecule has 0 spiro atoms. The zero-order valence-corrected chi connectivity index (χ0v) is 11.5. The van der Waals surface area contributed by atoms with Gasteiger partial charge in [-0.1, -0.05) is 0 Å². The highest BCUT2D eigenvalue weighted by Gasteiger charge is 2.25. The summed E-state index contributed by atoms with van der Waals surface area (Å²) in [4.78, 5) is 35.8. The fourth-order valence-electron chi connectivity index (χ4n) is 1.96. The van der Waals surface area contributed by atoms with Crippen molar-refractivity contribution in [3.05, 3.63) is 24.3 Å². The minimum atomic E-state index is -0.356. The Morgan fingerprint density at radius 2 is 1.81 bits per heavy atom. The van der Waals surface area contributed by atoms with Gasteiger partial charge in [-0.15, -0.1) is 0 Å². The summed E-state index contributed by atoms with van der Waals surface area (Å²) in [5.74, 6) is -0.886. The van der Waals surface area contributed by atoms with Crippen LogP contribution in [0, 0.1) is 0 Å². The molecular weight excluding hydrogens is 274 g/mol. The maximum atomic E-state index is 11.7. The molecular formula is C14H17N3O4. The van der Waals surface area contributed by atoms with E-state index >= 15 is 0 Å². The summed E-state index contributed by atoms with van der Waals surface area (Å²) < 4.78 is 4.81. The van der Waals surface area contributed by atoms with Gasteiger partial charge in [-0.05, 0) is 30.7 Å². The van der Waals surface area contributed by atoms with E-state index in [4.69, 9.17) is 10.5 Å². The third-order valence-corrected chi connectivity index (χ3v) is 3.03. The number of imide groups is 1. The molecule has 3 amide bonds. The molecule has 0 radical (unpaired) electrons. The Kier molecular flexibility index (Phi) is 4.89. The van der Waals surface area contributed by atoms with E-state index in [9.17, 15) is 14.4 Å². The van der Waals surface area contributed by atoms with Gasteiger partial charge >= 0.3 is 0 Å². The van der Waals surface area contributed by atoms with Gasteiger partial charge in [0.2, 0.25) is 5.91 Å². The smallest absolute Gasteiger partial charge is 0.255 e. The number of morpholine rings is 1. The van der Waals surface area contributed by atoms with Gasteiger partial charge in [0.25, 0.3) is 11.8 Å². The van der Waals surface area contributed by atoms with Gasteiger partial charge in [0.1, 0.15) is 13.2 Å². The number of benzene rings is 1. The number of nitrogens with zero attached hydrogens (tertiary/aromatic N) is 1. The molecule has 7 heteroatoms. The number of anilines is 2. The number of amides is 3. The summed E-state index contributed by atoms with van der Waals surface area (Å²) in [5.41, 5.74) is 6.84. The van der Waals surface area contributed by atoms with E-state index in [1.54, 1.807) is 24.3 Å². The normalized spacial score (nSPS) is 15.1. The summed E-state index contributed by atoms with van der Waals surface area (Å²) in [5, 5.41) is 2.72. The first kappa shape index (κ1) is 15.0. The van der Waals surface area contributed by atoms with Crippen molar-refractivity contribution in [1.29, 1.82) is 0 Å². The number of nitrogens with two attached hydrogens (primary N) is 1. The summed E-state index contributed by atoms with van der Waals surface area (Å²) >= 11 is 0. The molecule has 2 rings (SSSR count). The van der Waals surface area contributed by atoms with Crippen molar-refractivity contribution in [2.75, 3.05) is 30.8 Å². The molecule has 1 saturated heterocycles. The van der Waals surface area contributed by atoms with Crippen molar-refractivity contribution in [3.63, 3.8) is 0 Å². The second-order valence-electron chi connectivity index (χ2n) is 4.71. The van der Waals surface area contributed by atoms with Crippen molar-refractivity contribution < 1.29 is 19.1 Å². The molecule has 1 aliphatic heterocycles. The average molecular weight is 291 g/mol. The maximum absolute atomic E-state index is 11.7. The molecule has 0 aliphatic carbocycles. The zero-order valence-electron chi connectivity index (χ0n) is 11.5. The molecule has 0 unspecified atom stereocenters. The second-order valence-corrected chi connectivity index (χ2v) is 4.71. The summed E-state index contributed by atoms with van der Waals surface area (Å²) in [6, 6.07) is 6.81. The van der Waals surface area contributed by atoms with Crippen molar-refractivity contribution in [2.45, 2.75) is 12.8 Å². The van der Waals surface area contributed by atoms with Crippen molar-refractivity contribution >= 4 is 29.1 Å². The third-order valence-electron chi connectivity index (χ3n) is 3.03. The first-order valence-electron chi connectivity index (χ1n) is 6.62. The molecule has 112 valence electrons. The van der Waals surface area contributed by atoms with Gasteiger partial charge < -0.3 is 15.8 Å². The SMILES string of the molecule is Nc1ccc(NC(=O)CCCN2C(=O)COCC2=O)cc1. The fraction of sp³-hybridized carbons (Fsp3) is 0.357. The van der Waals surface area contributed by atoms with Crippen LogP contribution in [0.2, 0.25) is 0 Å². The standard InChI is InChI=1S/C14H17N3O4/c15-10-3-5-11(6-4-10)16-12(18)2-1-7-17-13(19)8-21-9-14(17)20/h3-6H,1-2,7-9,15H2,(H,16,18). The molecule has 1 fully saturated rings. The van der Waals surface area contributed by atoms with E-state index in [-0.39, 0.29) is 43.9 Å². The van der Waals surface area contributed by atoms with E-state index in [0.717, 1.165) is 4.90 Å². The van der Waals surface area contributed by atoms with Crippen LogP contribution >= 0.6 is 0 Å². The largest absolute Gasteiger partial charge is 0.399 e. The van der Waals surface area contributed by atoms with Crippen LogP contribution in [0.3, 0.4) is 0 Å². The van der Waals surface area contributed by atoms with E-state index in [1.807, 2.05) is 0 Å². The van der Waals surface area contributed by atoms with Crippen LogP contribution in [0.15, 0.2) is 24.3 Å². The highest BCUT2D eigenvalue weighted by atomic mass is 16.5. The Labute approximate surface area is 122 Å². The topological polar surface area (TPSA) is 102 Å². The zero-order chi connectivity index (χ0) is 15.2. The molecule has 0 saturated carbocycles. The number of carbonyl (C=O) groups is 3. The van der Waals surface area contributed by atoms with Crippen LogP contribution < -0.4 is 11.1 Å². The molecule has 0 atom stereocenters. The van der Waals surface area contributed by atoms with Crippen LogP contribution in [0.1, 0.15) is 12.8 Å². The summed E-state index contributed by atoms with van der Waals surface area (Å²) in [7, 11) is 0. The Bertz CT molecular complexity index is 526. The van der Waals surface area contributed by atoms with E-state index in [1.165, 1.54) is 0 Å². The molecule has 21 heavy (non-hydrogen) atoms. The molecule has 1 aliphatic rings. The third kappa shape index (κ3) is 4.28. The fourth-order valence-corrected chi connectivity index (χ4v) is 1.96. The Morgan fingerprint density at radius 1 is 1.19 bits per heavy atom. The first-order chi connectivity index (χ1) is 10.1. The van der Waals surface area contributed by atoms with E-state index in [2.05, 4.69) is 5.32 Å². The lowest BCUT2D eigenvalue weighted by Crippen LogP contribution is -2.46. The highest BCUT2D eigenvalue weighted by molar-refractivity contribution is 5.98. The minimum absolute atomic E-state index is 0.0800. The van der Waals surface area contributed by atoms with E-state index in [0.29, 0.717) is 17.8 Å². The van der Waals surface area contributed by atoms with Crippen molar-refractivity contribution in [3.8, 4) is 0 Å². The lowest BCUT2D eigenvalue weighted by Gasteiger charge is -2.24. The highest BCUT2D eigenvalue weighted by Crippen LogP contribution is 2.11. The van der Waals surface area contributed by atoms with Gasteiger partial charge in [0.05, 0.1) is 0 Å². The number of carbonyl (C=O) groups excluding carboxylic acids is 3. The molecule has 7 nitrogen and oxygen atoms in total. The second kappa shape index (κ2) is 6.85. The van der Waals surface area contributed by atoms with Gasteiger partial charge in [-0.3, -0.25) is 19.3 Å². The molecule has 3 N–H and O–H groups in total. The number of nitrogens with one attached hydrogen (secondary N) is 1. The minimum Gasteiger partial charge on any atom is -0.399 e. The first-order valence-corrected chi connectivity index (χ1v) is 6.62. The van der Waals surface area contributed by atoms with Gasteiger partial charge in [0, 0.05) is 24.3 Å². The van der Waals surface area contributed by atoms with Gasteiger partial charge in [0.15, 0.2) is 0 Å². The molecule has 0 bridgehead atoms. The monoisotopic (exact) mass is 291 g/mol. The van der Waals surface area contributed by atoms with Crippen LogP contribution in [0.5, 0.6) is 0 Å². The molecule has 1 aromatic rings. The number of nitrogen functional groups attached to an aromatic ring is 1. The van der Waals surface area contributed by atoms with Gasteiger partial charge in [-0.25, -0.2) is 0 Å². The van der Waals surface area contributed by atoms with Crippen LogP contribution in [-0.2, 0) is 19.1 Å². The maximum Gasteiger partial charge on any atom is 0.255 e. The quantitative estimate of drug-likeness (QED) is 0.603. The molecule has 0 aromatic heterocycles. The van der Waals surface area contributed by atoms with Crippen LogP contribution in [0.4, 0.5) is 11.4 Å². The summed E-state index contributed by atoms with van der Waals surface area (Å²) in [6.45, 7) is 0.0724. The van der Waals surface area contributed by atoms with Crippen LogP contribution in [0.25, 0.3) is 0 Å². The van der Waals surface area contributed by atoms with Crippen LogP contribution in [-0.4, -0.2) is 42.4 Å². The molecule has 1 heterocycles. The average Bonchev–Trinajstić information content (AvgIpc) is 2.45. The Morgan fingerprint density at radius 3 is 2.43 bits per heavy atom. The summed E-state index contributed by atoms with van der Waals surface area (Å²) in [6.07, 6.45) is 0.639. The molecule has 1 aromatic carbocycles. The number of rotatable bonds is 5.